The fourth-order valence-corrected chi connectivity index (χ4v) is 2.05. The van der Waals surface area contributed by atoms with E-state index in [2.05, 4.69) is 9.59 Å². The van der Waals surface area contributed by atoms with E-state index in [9.17, 15) is 4.79 Å². The van der Waals surface area contributed by atoms with Crippen molar-refractivity contribution < 1.29 is 9.53 Å². The van der Waals surface area contributed by atoms with Crippen molar-refractivity contribution in [2.24, 2.45) is 5.73 Å². The molecular formula is C8H10N4O2S2. The normalized spacial score (nSPS) is 20.8. The van der Waals surface area contributed by atoms with Gasteiger partial charge in [-0.1, -0.05) is 16.7 Å². The second-order valence-corrected chi connectivity index (χ2v) is 4.55. The van der Waals surface area contributed by atoms with Crippen molar-refractivity contribution >= 4 is 34.6 Å². The number of rotatable bonds is 2. The van der Waals surface area contributed by atoms with Crippen LogP contribution in [0.3, 0.4) is 0 Å². The molecule has 2 rings (SSSR count). The van der Waals surface area contributed by atoms with E-state index in [1.807, 2.05) is 0 Å². The van der Waals surface area contributed by atoms with Crippen LogP contribution >= 0.6 is 23.8 Å². The predicted octanol–water partition coefficient (Wildman–Crippen LogP) is -0.335. The van der Waals surface area contributed by atoms with Gasteiger partial charge in [0.15, 0.2) is 0 Å². The fourth-order valence-electron chi connectivity index (χ4n) is 1.42. The van der Waals surface area contributed by atoms with Gasteiger partial charge < -0.3 is 15.4 Å². The molecule has 1 aromatic heterocycles. The molecule has 16 heavy (non-hydrogen) atoms. The fraction of sp³-hybridized carbons (Fsp3) is 0.500. The molecule has 0 saturated carbocycles. The summed E-state index contributed by atoms with van der Waals surface area (Å²) in [4.78, 5) is 14.4. The summed E-state index contributed by atoms with van der Waals surface area (Å²) in [5.74, 6) is -0.0976. The number of nitrogens with two attached hydrogens (primary N) is 1. The van der Waals surface area contributed by atoms with E-state index in [1.165, 1.54) is 6.20 Å². The van der Waals surface area contributed by atoms with E-state index in [1.54, 1.807) is 4.90 Å². The van der Waals surface area contributed by atoms with Crippen LogP contribution in [0.25, 0.3) is 0 Å². The van der Waals surface area contributed by atoms with E-state index in [-0.39, 0.29) is 17.0 Å². The zero-order valence-corrected chi connectivity index (χ0v) is 9.96. The van der Waals surface area contributed by atoms with E-state index >= 15 is 0 Å². The number of thiocarbonyl (C=S) groups is 1. The summed E-state index contributed by atoms with van der Waals surface area (Å²) < 4.78 is 9.00. The second-order valence-electron chi connectivity index (χ2n) is 3.29. The van der Waals surface area contributed by atoms with Crippen molar-refractivity contribution in [1.82, 2.24) is 14.5 Å². The van der Waals surface area contributed by atoms with Crippen molar-refractivity contribution in [3.8, 4) is 0 Å². The molecule has 8 heteroatoms. The molecule has 0 aromatic carbocycles. The van der Waals surface area contributed by atoms with E-state index in [0.29, 0.717) is 24.6 Å². The molecule has 1 aromatic rings. The lowest BCUT2D eigenvalue weighted by atomic mass is 10.2. The smallest absolute Gasteiger partial charge is 0.267 e. The minimum absolute atomic E-state index is 0.0976. The molecule has 0 bridgehead atoms. The lowest BCUT2D eigenvalue weighted by Gasteiger charge is -2.31. The molecule has 1 atom stereocenters. The van der Waals surface area contributed by atoms with Crippen LogP contribution in [-0.4, -0.2) is 51.2 Å². The average molecular weight is 258 g/mol. The van der Waals surface area contributed by atoms with Gasteiger partial charge >= 0.3 is 0 Å². The zero-order valence-electron chi connectivity index (χ0n) is 8.33. The average Bonchev–Trinajstić information content (AvgIpc) is 2.81. The Kier molecular flexibility index (Phi) is 3.42. The summed E-state index contributed by atoms with van der Waals surface area (Å²) >= 11 is 5.92. The monoisotopic (exact) mass is 258 g/mol. The Hall–Kier alpha value is -1.12. The molecule has 2 heterocycles. The quantitative estimate of drug-likeness (QED) is 0.731. The van der Waals surface area contributed by atoms with Crippen LogP contribution in [0, 0.1) is 0 Å². The molecule has 0 aliphatic carbocycles. The second kappa shape index (κ2) is 4.81. The van der Waals surface area contributed by atoms with Crippen molar-refractivity contribution in [1.29, 1.82) is 0 Å². The van der Waals surface area contributed by atoms with Gasteiger partial charge in [0.05, 0.1) is 19.3 Å². The summed E-state index contributed by atoms with van der Waals surface area (Å²) in [6.45, 7) is 1.38. The molecule has 0 spiro atoms. The van der Waals surface area contributed by atoms with Crippen molar-refractivity contribution in [3.05, 3.63) is 11.1 Å². The maximum atomic E-state index is 11.9. The number of amides is 1. The maximum absolute atomic E-state index is 11.9. The summed E-state index contributed by atoms with van der Waals surface area (Å²) in [6, 6.07) is 0. The number of aromatic nitrogens is 2. The summed E-state index contributed by atoms with van der Waals surface area (Å²) in [5.41, 5.74) is 5.49. The number of ether oxygens (including phenoxy) is 1. The van der Waals surface area contributed by atoms with E-state index in [0.717, 1.165) is 11.5 Å². The van der Waals surface area contributed by atoms with Crippen LogP contribution < -0.4 is 5.73 Å². The number of carbonyl (C=O) groups is 1. The van der Waals surface area contributed by atoms with Gasteiger partial charge in [-0.3, -0.25) is 4.79 Å². The molecule has 1 aliphatic heterocycles. The predicted molar refractivity (Wildman–Crippen MR) is 62.3 cm³/mol. The number of hydrogen-bond acceptors (Lipinski definition) is 6. The minimum atomic E-state index is -0.353. The Balaban J connectivity index is 2.05. The van der Waals surface area contributed by atoms with Gasteiger partial charge in [0.2, 0.25) is 0 Å². The standard InChI is InChI=1S/C8H10N4O2S2/c9-7(15)5-4-12(1-2-14-5)8(13)6-3-10-11-16-6/h3,5H,1-2,4H2,(H2,9,15). The Morgan fingerprint density at radius 2 is 2.56 bits per heavy atom. The van der Waals surface area contributed by atoms with E-state index < -0.39 is 0 Å². The van der Waals surface area contributed by atoms with Crippen molar-refractivity contribution in [2.75, 3.05) is 19.7 Å². The highest BCUT2D eigenvalue weighted by Crippen LogP contribution is 2.12. The van der Waals surface area contributed by atoms with Gasteiger partial charge in [0.1, 0.15) is 16.0 Å². The van der Waals surface area contributed by atoms with Crippen LogP contribution in [0.1, 0.15) is 9.67 Å². The highest BCUT2D eigenvalue weighted by Gasteiger charge is 2.27. The van der Waals surface area contributed by atoms with Gasteiger partial charge in [-0.25, -0.2) is 0 Å². The minimum Gasteiger partial charge on any atom is -0.391 e. The summed E-state index contributed by atoms with van der Waals surface area (Å²) in [7, 11) is 0. The van der Waals surface area contributed by atoms with Gasteiger partial charge in [0, 0.05) is 6.54 Å². The molecular weight excluding hydrogens is 248 g/mol. The first-order valence-electron chi connectivity index (χ1n) is 4.66. The van der Waals surface area contributed by atoms with Gasteiger partial charge in [0.25, 0.3) is 5.91 Å². The first-order valence-corrected chi connectivity index (χ1v) is 5.84. The van der Waals surface area contributed by atoms with Gasteiger partial charge in [-0.05, 0) is 11.5 Å². The van der Waals surface area contributed by atoms with Crippen molar-refractivity contribution in [2.45, 2.75) is 6.10 Å². The molecule has 86 valence electrons. The van der Waals surface area contributed by atoms with Crippen molar-refractivity contribution in [3.63, 3.8) is 0 Å². The molecule has 6 nitrogen and oxygen atoms in total. The Bertz CT molecular complexity index is 395. The lowest BCUT2D eigenvalue weighted by molar-refractivity contribution is 0.00902. The number of nitrogens with zero attached hydrogens (tertiary/aromatic N) is 3. The summed E-state index contributed by atoms with van der Waals surface area (Å²) in [5, 5.41) is 3.63. The Labute approximate surface area is 102 Å². The van der Waals surface area contributed by atoms with Crippen LogP contribution in [0.2, 0.25) is 0 Å². The Morgan fingerprint density at radius 1 is 1.75 bits per heavy atom. The van der Waals surface area contributed by atoms with Gasteiger partial charge in [-0.15, -0.1) is 5.10 Å². The van der Waals surface area contributed by atoms with Crippen LogP contribution in [0.4, 0.5) is 0 Å². The third-order valence-electron chi connectivity index (χ3n) is 2.24. The molecule has 1 amide bonds. The molecule has 1 unspecified atom stereocenters. The van der Waals surface area contributed by atoms with E-state index in [4.69, 9.17) is 22.7 Å². The largest absolute Gasteiger partial charge is 0.391 e. The topological polar surface area (TPSA) is 81.3 Å². The summed E-state index contributed by atoms with van der Waals surface area (Å²) in [6.07, 6.45) is 1.10. The molecule has 2 N–H and O–H groups in total. The number of morpholine rings is 1. The molecule has 1 saturated heterocycles. The SMILES string of the molecule is NC(=S)C1CN(C(=O)c2cnns2)CCO1. The third-order valence-corrected chi connectivity index (χ3v) is 3.16. The van der Waals surface area contributed by atoms with Crippen LogP contribution in [0.5, 0.6) is 0 Å². The van der Waals surface area contributed by atoms with Crippen LogP contribution in [0.15, 0.2) is 6.20 Å². The number of carbonyl (C=O) groups excluding carboxylic acids is 1. The zero-order chi connectivity index (χ0) is 11.5. The first-order chi connectivity index (χ1) is 7.68. The lowest BCUT2D eigenvalue weighted by Crippen LogP contribution is -2.49. The highest BCUT2D eigenvalue weighted by molar-refractivity contribution is 7.80. The highest BCUT2D eigenvalue weighted by atomic mass is 32.1. The first kappa shape index (κ1) is 11.4. The molecule has 1 aliphatic rings. The maximum Gasteiger partial charge on any atom is 0.267 e. The molecule has 0 radical (unpaired) electrons. The Morgan fingerprint density at radius 3 is 3.19 bits per heavy atom. The van der Waals surface area contributed by atoms with Crippen LogP contribution in [-0.2, 0) is 4.74 Å². The molecule has 1 fully saturated rings. The number of hydrogen-bond donors (Lipinski definition) is 1. The van der Waals surface area contributed by atoms with Gasteiger partial charge in [-0.2, -0.15) is 0 Å². The third kappa shape index (κ3) is 2.34.